The van der Waals surface area contributed by atoms with Crippen LogP contribution in [0.1, 0.15) is 53.5 Å². The van der Waals surface area contributed by atoms with Gasteiger partial charge in [0.2, 0.25) is 0 Å². The van der Waals surface area contributed by atoms with Crippen LogP contribution < -0.4 is 10.9 Å². The second-order valence-electron chi connectivity index (χ2n) is 8.07. The van der Waals surface area contributed by atoms with Crippen molar-refractivity contribution in [1.82, 2.24) is 20.1 Å². The van der Waals surface area contributed by atoms with Gasteiger partial charge in [0.1, 0.15) is 5.69 Å². The van der Waals surface area contributed by atoms with Gasteiger partial charge in [-0.25, -0.2) is 9.67 Å². The Bertz CT molecular complexity index is 1150. The van der Waals surface area contributed by atoms with E-state index >= 15 is 0 Å². The van der Waals surface area contributed by atoms with Crippen molar-refractivity contribution >= 4 is 16.8 Å². The van der Waals surface area contributed by atoms with E-state index in [1.54, 1.807) is 16.8 Å². The number of ether oxygens (including phenoxy) is 1. The van der Waals surface area contributed by atoms with E-state index in [9.17, 15) is 9.59 Å². The Kier molecular flexibility index (Phi) is 5.04. The van der Waals surface area contributed by atoms with Gasteiger partial charge in [-0.15, -0.1) is 0 Å². The number of aromatic nitrogens is 3. The molecule has 154 valence electrons. The largest absolute Gasteiger partial charge is 0.376 e. The molecule has 2 aliphatic rings. The van der Waals surface area contributed by atoms with E-state index < -0.39 is 0 Å². The SMILES string of the molecule is O=C(NC1CCC(n2nc3c(cc2=O)COCC3)CC1)c1ccc2ccccc2n1. The summed E-state index contributed by atoms with van der Waals surface area (Å²) in [4.78, 5) is 29.7. The molecule has 1 saturated carbocycles. The summed E-state index contributed by atoms with van der Waals surface area (Å²) in [7, 11) is 0. The molecule has 1 N–H and O–H groups in total. The Hall–Kier alpha value is -3.06. The molecule has 1 fully saturated rings. The Balaban J connectivity index is 1.24. The molecule has 1 aliphatic carbocycles. The number of fused-ring (bicyclic) bond motifs is 2. The molecule has 30 heavy (non-hydrogen) atoms. The Morgan fingerprint density at radius 2 is 1.93 bits per heavy atom. The third-order valence-electron chi connectivity index (χ3n) is 6.07. The van der Waals surface area contributed by atoms with E-state index in [2.05, 4.69) is 15.4 Å². The first-order valence-corrected chi connectivity index (χ1v) is 10.5. The highest BCUT2D eigenvalue weighted by atomic mass is 16.5. The van der Waals surface area contributed by atoms with Crippen molar-refractivity contribution < 1.29 is 9.53 Å². The van der Waals surface area contributed by atoms with E-state index in [0.29, 0.717) is 18.9 Å². The highest BCUT2D eigenvalue weighted by Crippen LogP contribution is 2.27. The van der Waals surface area contributed by atoms with Crippen molar-refractivity contribution in [3.8, 4) is 0 Å². The normalized spacial score (nSPS) is 21.2. The average molecular weight is 404 g/mol. The quantitative estimate of drug-likeness (QED) is 0.725. The lowest BCUT2D eigenvalue weighted by atomic mass is 9.91. The molecule has 1 aromatic carbocycles. The zero-order valence-electron chi connectivity index (χ0n) is 16.7. The lowest BCUT2D eigenvalue weighted by molar-refractivity contribution is 0.0916. The van der Waals surface area contributed by atoms with Crippen LogP contribution in [0.4, 0.5) is 0 Å². The first-order chi connectivity index (χ1) is 14.7. The Labute approximate surface area is 174 Å². The number of nitrogens with one attached hydrogen (secondary N) is 1. The average Bonchev–Trinajstić information content (AvgIpc) is 2.79. The molecule has 5 rings (SSSR count). The summed E-state index contributed by atoms with van der Waals surface area (Å²) < 4.78 is 7.06. The standard InChI is InChI=1S/C23H24N4O3/c28-22-13-16-14-30-12-11-20(16)26-27(22)18-8-6-17(7-9-18)24-23(29)21-10-5-15-3-1-2-4-19(15)25-21/h1-5,10,13,17-18H,6-9,11-12,14H2,(H,24,29). The monoisotopic (exact) mass is 404 g/mol. The van der Waals surface area contributed by atoms with E-state index in [1.165, 1.54) is 0 Å². The summed E-state index contributed by atoms with van der Waals surface area (Å²) in [6.45, 7) is 1.12. The summed E-state index contributed by atoms with van der Waals surface area (Å²) in [6.07, 6.45) is 4.02. The summed E-state index contributed by atoms with van der Waals surface area (Å²) in [6, 6.07) is 13.3. The van der Waals surface area contributed by atoms with E-state index in [0.717, 1.165) is 54.3 Å². The molecule has 7 heteroatoms. The van der Waals surface area contributed by atoms with Crippen LogP contribution in [-0.2, 0) is 17.8 Å². The van der Waals surface area contributed by atoms with Gasteiger partial charge in [-0.05, 0) is 37.8 Å². The summed E-state index contributed by atoms with van der Waals surface area (Å²) in [5.74, 6) is -0.145. The topological polar surface area (TPSA) is 86.1 Å². The van der Waals surface area contributed by atoms with Gasteiger partial charge in [0.25, 0.3) is 11.5 Å². The molecule has 0 spiro atoms. The number of nitrogens with zero attached hydrogens (tertiary/aromatic N) is 3. The number of hydrogen-bond acceptors (Lipinski definition) is 5. The second-order valence-corrected chi connectivity index (χ2v) is 8.07. The molecule has 1 aliphatic heterocycles. The summed E-state index contributed by atoms with van der Waals surface area (Å²) in [5, 5.41) is 8.75. The maximum Gasteiger partial charge on any atom is 0.270 e. The minimum Gasteiger partial charge on any atom is -0.376 e. The van der Waals surface area contributed by atoms with Crippen molar-refractivity contribution in [2.24, 2.45) is 0 Å². The van der Waals surface area contributed by atoms with Crippen LogP contribution in [0, 0.1) is 0 Å². The van der Waals surface area contributed by atoms with Gasteiger partial charge >= 0.3 is 0 Å². The van der Waals surface area contributed by atoms with Crippen LogP contribution in [0.3, 0.4) is 0 Å². The fourth-order valence-corrected chi connectivity index (χ4v) is 4.41. The van der Waals surface area contributed by atoms with Crippen LogP contribution in [0.5, 0.6) is 0 Å². The lowest BCUT2D eigenvalue weighted by Crippen LogP contribution is -2.40. The molecular formula is C23H24N4O3. The maximum absolute atomic E-state index is 12.7. The van der Waals surface area contributed by atoms with Crippen LogP contribution in [0.15, 0.2) is 47.3 Å². The molecule has 0 radical (unpaired) electrons. The van der Waals surface area contributed by atoms with Crippen LogP contribution in [0.2, 0.25) is 0 Å². The van der Waals surface area contributed by atoms with Gasteiger partial charge in [-0.2, -0.15) is 5.10 Å². The van der Waals surface area contributed by atoms with Crippen molar-refractivity contribution in [1.29, 1.82) is 0 Å². The van der Waals surface area contributed by atoms with Gasteiger partial charge in [0.05, 0.1) is 30.5 Å². The zero-order valence-corrected chi connectivity index (χ0v) is 16.7. The first kappa shape index (κ1) is 18.9. The lowest BCUT2D eigenvalue weighted by Gasteiger charge is -2.30. The zero-order chi connectivity index (χ0) is 20.5. The summed E-state index contributed by atoms with van der Waals surface area (Å²) in [5.41, 5.74) is 3.07. The molecule has 3 aromatic rings. The van der Waals surface area contributed by atoms with Gasteiger partial charge in [-0.3, -0.25) is 9.59 Å². The molecule has 1 amide bonds. The number of rotatable bonds is 3. The van der Waals surface area contributed by atoms with Crippen molar-refractivity contribution in [2.45, 2.75) is 50.8 Å². The fraction of sp³-hybridized carbons (Fsp3) is 0.391. The molecular weight excluding hydrogens is 380 g/mol. The van der Waals surface area contributed by atoms with Crippen molar-refractivity contribution in [2.75, 3.05) is 6.61 Å². The Morgan fingerprint density at radius 3 is 2.80 bits per heavy atom. The second kappa shape index (κ2) is 7.99. The van der Waals surface area contributed by atoms with Crippen LogP contribution >= 0.6 is 0 Å². The summed E-state index contributed by atoms with van der Waals surface area (Å²) >= 11 is 0. The third kappa shape index (κ3) is 3.73. The van der Waals surface area contributed by atoms with Gasteiger partial charge < -0.3 is 10.1 Å². The fourth-order valence-electron chi connectivity index (χ4n) is 4.41. The molecule has 0 unspecified atom stereocenters. The number of benzene rings is 1. The van der Waals surface area contributed by atoms with Gasteiger partial charge in [0, 0.05) is 29.5 Å². The van der Waals surface area contributed by atoms with Gasteiger partial charge in [-0.1, -0.05) is 24.3 Å². The molecule has 0 saturated heterocycles. The highest BCUT2D eigenvalue weighted by molar-refractivity contribution is 5.95. The van der Waals surface area contributed by atoms with E-state index in [4.69, 9.17) is 4.74 Å². The van der Waals surface area contributed by atoms with Crippen LogP contribution in [-0.4, -0.2) is 33.3 Å². The highest BCUT2D eigenvalue weighted by Gasteiger charge is 2.26. The number of carbonyl (C=O) groups is 1. The number of carbonyl (C=O) groups excluding carboxylic acids is 1. The van der Waals surface area contributed by atoms with Gasteiger partial charge in [0.15, 0.2) is 0 Å². The van der Waals surface area contributed by atoms with Crippen LogP contribution in [0.25, 0.3) is 10.9 Å². The van der Waals surface area contributed by atoms with Crippen molar-refractivity contribution in [3.63, 3.8) is 0 Å². The van der Waals surface area contributed by atoms with Crippen molar-refractivity contribution in [3.05, 3.63) is 69.8 Å². The first-order valence-electron chi connectivity index (χ1n) is 10.5. The number of amides is 1. The van der Waals surface area contributed by atoms with E-state index in [1.807, 2.05) is 30.3 Å². The molecule has 0 bridgehead atoms. The molecule has 3 heterocycles. The minimum atomic E-state index is -0.145. The maximum atomic E-state index is 12.7. The predicted molar refractivity (Wildman–Crippen MR) is 112 cm³/mol. The minimum absolute atomic E-state index is 0.0629. The van der Waals surface area contributed by atoms with E-state index in [-0.39, 0.29) is 23.6 Å². The number of para-hydroxylation sites is 1. The number of pyridine rings is 1. The molecule has 2 aromatic heterocycles. The predicted octanol–water partition coefficient (Wildman–Crippen LogP) is 2.78. The Morgan fingerprint density at radius 1 is 1.10 bits per heavy atom. The number of hydrogen-bond donors (Lipinski definition) is 1. The third-order valence-corrected chi connectivity index (χ3v) is 6.07. The molecule has 7 nitrogen and oxygen atoms in total. The smallest absolute Gasteiger partial charge is 0.270 e. The molecule has 0 atom stereocenters.